The van der Waals surface area contributed by atoms with Crippen molar-refractivity contribution >= 4 is 5.97 Å². The number of nitrogens with one attached hydrogen (secondary N) is 1. The van der Waals surface area contributed by atoms with Gasteiger partial charge in [-0.05, 0) is 45.4 Å². The standard InChI is InChI=1S/C14H23NO3/c1-3-17-14(16)9-5-4-6-10-15-12(2)13-8-7-11-18-13/h7-8,11-12,15H,3-6,9-10H2,1-2H3/t12-/m0/s1. The summed E-state index contributed by atoms with van der Waals surface area (Å²) in [4.78, 5) is 11.1. The number of unbranched alkanes of at least 4 members (excludes halogenated alkanes) is 2. The third kappa shape index (κ3) is 5.87. The molecule has 0 saturated carbocycles. The minimum atomic E-state index is -0.0885. The Bertz CT molecular complexity index is 322. The summed E-state index contributed by atoms with van der Waals surface area (Å²) < 4.78 is 10.2. The highest BCUT2D eigenvalue weighted by Crippen LogP contribution is 2.12. The second-order valence-corrected chi connectivity index (χ2v) is 4.31. The monoisotopic (exact) mass is 253 g/mol. The number of ether oxygens (including phenoxy) is 1. The van der Waals surface area contributed by atoms with Crippen LogP contribution in [-0.4, -0.2) is 19.1 Å². The normalized spacial score (nSPS) is 12.3. The zero-order valence-electron chi connectivity index (χ0n) is 11.3. The smallest absolute Gasteiger partial charge is 0.305 e. The van der Waals surface area contributed by atoms with E-state index in [1.807, 2.05) is 19.1 Å². The summed E-state index contributed by atoms with van der Waals surface area (Å²) in [6, 6.07) is 4.11. The van der Waals surface area contributed by atoms with Gasteiger partial charge in [-0.25, -0.2) is 0 Å². The Morgan fingerprint density at radius 2 is 2.28 bits per heavy atom. The Morgan fingerprint density at radius 1 is 1.44 bits per heavy atom. The molecule has 0 bridgehead atoms. The minimum absolute atomic E-state index is 0.0885. The summed E-state index contributed by atoms with van der Waals surface area (Å²) in [5, 5.41) is 3.39. The average Bonchev–Trinajstić information content (AvgIpc) is 2.87. The quantitative estimate of drug-likeness (QED) is 0.543. The molecule has 0 aliphatic rings. The second kappa shape index (κ2) is 8.75. The summed E-state index contributed by atoms with van der Waals surface area (Å²) in [5.41, 5.74) is 0. The molecule has 18 heavy (non-hydrogen) atoms. The number of carbonyl (C=O) groups is 1. The van der Waals surface area contributed by atoms with Crippen molar-refractivity contribution < 1.29 is 13.9 Å². The largest absolute Gasteiger partial charge is 0.468 e. The predicted molar refractivity (Wildman–Crippen MR) is 70.2 cm³/mol. The topological polar surface area (TPSA) is 51.5 Å². The van der Waals surface area contributed by atoms with Crippen LogP contribution in [0.15, 0.2) is 22.8 Å². The first-order valence-electron chi connectivity index (χ1n) is 6.66. The summed E-state index contributed by atoms with van der Waals surface area (Å²) in [6.45, 7) is 5.32. The van der Waals surface area contributed by atoms with Gasteiger partial charge in [0.2, 0.25) is 0 Å². The Labute approximate surface area is 109 Å². The molecule has 1 heterocycles. The fourth-order valence-corrected chi connectivity index (χ4v) is 1.76. The maximum atomic E-state index is 11.1. The minimum Gasteiger partial charge on any atom is -0.468 e. The van der Waals surface area contributed by atoms with Gasteiger partial charge in [0.15, 0.2) is 0 Å². The van der Waals surface area contributed by atoms with Crippen molar-refractivity contribution in [3.05, 3.63) is 24.2 Å². The predicted octanol–water partition coefficient (Wildman–Crippen LogP) is 3.05. The number of rotatable bonds is 9. The van der Waals surface area contributed by atoms with E-state index in [9.17, 15) is 4.79 Å². The molecule has 4 heteroatoms. The van der Waals surface area contributed by atoms with Gasteiger partial charge in [0, 0.05) is 6.42 Å². The van der Waals surface area contributed by atoms with E-state index in [0.29, 0.717) is 13.0 Å². The molecule has 4 nitrogen and oxygen atoms in total. The number of furan rings is 1. The first-order valence-corrected chi connectivity index (χ1v) is 6.66. The highest BCUT2D eigenvalue weighted by atomic mass is 16.5. The molecule has 1 aromatic rings. The van der Waals surface area contributed by atoms with Crippen molar-refractivity contribution in [2.45, 2.75) is 45.6 Å². The number of carbonyl (C=O) groups excluding carboxylic acids is 1. The Balaban J connectivity index is 1.97. The molecule has 0 aliphatic carbocycles. The van der Waals surface area contributed by atoms with Crippen LogP contribution in [0.1, 0.15) is 51.3 Å². The molecule has 1 atom stereocenters. The molecule has 0 amide bonds. The van der Waals surface area contributed by atoms with Crippen molar-refractivity contribution in [2.75, 3.05) is 13.2 Å². The Kier molecular flexibility index (Phi) is 7.18. The lowest BCUT2D eigenvalue weighted by Gasteiger charge is -2.10. The van der Waals surface area contributed by atoms with Crippen LogP contribution in [0.5, 0.6) is 0 Å². The van der Waals surface area contributed by atoms with Gasteiger partial charge in [-0.15, -0.1) is 0 Å². The van der Waals surface area contributed by atoms with Gasteiger partial charge in [-0.2, -0.15) is 0 Å². The summed E-state index contributed by atoms with van der Waals surface area (Å²) in [5.74, 6) is 0.871. The van der Waals surface area contributed by atoms with E-state index in [4.69, 9.17) is 9.15 Å². The fourth-order valence-electron chi connectivity index (χ4n) is 1.76. The van der Waals surface area contributed by atoms with Gasteiger partial charge in [0.05, 0.1) is 18.9 Å². The van der Waals surface area contributed by atoms with Crippen molar-refractivity contribution in [3.63, 3.8) is 0 Å². The van der Waals surface area contributed by atoms with Gasteiger partial charge < -0.3 is 14.5 Å². The van der Waals surface area contributed by atoms with Gasteiger partial charge in [0.25, 0.3) is 0 Å². The highest BCUT2D eigenvalue weighted by Gasteiger charge is 2.06. The molecule has 0 aromatic carbocycles. The van der Waals surface area contributed by atoms with Crippen molar-refractivity contribution in [1.82, 2.24) is 5.32 Å². The molecule has 0 spiro atoms. The van der Waals surface area contributed by atoms with Crippen LogP contribution in [0.3, 0.4) is 0 Å². The third-order valence-corrected chi connectivity index (χ3v) is 2.78. The molecule has 1 aromatic heterocycles. The molecular weight excluding hydrogens is 230 g/mol. The van der Waals surface area contributed by atoms with Gasteiger partial charge in [-0.1, -0.05) is 6.42 Å². The first kappa shape index (κ1) is 14.8. The van der Waals surface area contributed by atoms with Crippen LogP contribution in [-0.2, 0) is 9.53 Å². The van der Waals surface area contributed by atoms with E-state index in [1.165, 1.54) is 0 Å². The third-order valence-electron chi connectivity index (χ3n) is 2.78. The van der Waals surface area contributed by atoms with E-state index >= 15 is 0 Å². The van der Waals surface area contributed by atoms with Crippen molar-refractivity contribution in [3.8, 4) is 0 Å². The molecule has 0 saturated heterocycles. The molecule has 0 unspecified atom stereocenters. The van der Waals surface area contributed by atoms with E-state index in [1.54, 1.807) is 6.26 Å². The lowest BCUT2D eigenvalue weighted by atomic mass is 10.2. The molecular formula is C14H23NO3. The van der Waals surface area contributed by atoms with E-state index < -0.39 is 0 Å². The van der Waals surface area contributed by atoms with E-state index in [-0.39, 0.29) is 12.0 Å². The van der Waals surface area contributed by atoms with Crippen LogP contribution in [0.25, 0.3) is 0 Å². The van der Waals surface area contributed by atoms with Crippen molar-refractivity contribution in [2.24, 2.45) is 0 Å². The number of hydrogen-bond donors (Lipinski definition) is 1. The van der Waals surface area contributed by atoms with Gasteiger partial charge in [0.1, 0.15) is 5.76 Å². The lowest BCUT2D eigenvalue weighted by molar-refractivity contribution is -0.143. The lowest BCUT2D eigenvalue weighted by Crippen LogP contribution is -2.19. The molecule has 1 N–H and O–H groups in total. The van der Waals surface area contributed by atoms with Crippen LogP contribution >= 0.6 is 0 Å². The molecule has 0 radical (unpaired) electrons. The number of hydrogen-bond acceptors (Lipinski definition) is 4. The highest BCUT2D eigenvalue weighted by molar-refractivity contribution is 5.69. The SMILES string of the molecule is CCOC(=O)CCCCCN[C@@H](C)c1ccco1. The summed E-state index contributed by atoms with van der Waals surface area (Å²) in [7, 11) is 0. The molecule has 0 aliphatic heterocycles. The molecule has 0 fully saturated rings. The van der Waals surface area contributed by atoms with Crippen LogP contribution in [0.2, 0.25) is 0 Å². The summed E-state index contributed by atoms with van der Waals surface area (Å²) >= 11 is 0. The second-order valence-electron chi connectivity index (χ2n) is 4.31. The summed E-state index contributed by atoms with van der Waals surface area (Å²) in [6.07, 6.45) is 5.21. The van der Waals surface area contributed by atoms with Gasteiger partial charge >= 0.3 is 5.97 Å². The van der Waals surface area contributed by atoms with Crippen LogP contribution < -0.4 is 5.32 Å². The van der Waals surface area contributed by atoms with E-state index in [2.05, 4.69) is 12.2 Å². The maximum absolute atomic E-state index is 11.1. The Morgan fingerprint density at radius 3 is 2.94 bits per heavy atom. The maximum Gasteiger partial charge on any atom is 0.305 e. The molecule has 102 valence electrons. The first-order chi connectivity index (χ1) is 8.74. The molecule has 1 rings (SSSR count). The van der Waals surface area contributed by atoms with Crippen LogP contribution in [0, 0.1) is 0 Å². The zero-order valence-corrected chi connectivity index (χ0v) is 11.3. The average molecular weight is 253 g/mol. The Hall–Kier alpha value is -1.29. The fraction of sp³-hybridized carbons (Fsp3) is 0.643. The van der Waals surface area contributed by atoms with Crippen LogP contribution in [0.4, 0.5) is 0 Å². The number of esters is 1. The zero-order chi connectivity index (χ0) is 13.2. The van der Waals surface area contributed by atoms with Crippen molar-refractivity contribution in [1.29, 1.82) is 0 Å². The van der Waals surface area contributed by atoms with Gasteiger partial charge in [-0.3, -0.25) is 4.79 Å². The van der Waals surface area contributed by atoms with E-state index in [0.717, 1.165) is 31.6 Å².